The fourth-order valence-corrected chi connectivity index (χ4v) is 2.28. The number of halogens is 2. The van der Waals surface area contributed by atoms with Gasteiger partial charge < -0.3 is 10.2 Å². The normalized spacial score (nSPS) is 20.9. The van der Waals surface area contributed by atoms with Crippen LogP contribution in [0.3, 0.4) is 0 Å². The molecule has 3 nitrogen and oxygen atoms in total. The Morgan fingerprint density at radius 1 is 1.56 bits per heavy atom. The summed E-state index contributed by atoms with van der Waals surface area (Å²) in [5.41, 5.74) is 0.851. The zero-order valence-corrected chi connectivity index (χ0v) is 11.0. The van der Waals surface area contributed by atoms with Crippen LogP contribution in [0.1, 0.15) is 18.9 Å². The molecule has 1 heterocycles. The number of benzene rings is 1. The second kappa shape index (κ2) is 5.67. The van der Waals surface area contributed by atoms with Gasteiger partial charge in [-0.2, -0.15) is 0 Å². The van der Waals surface area contributed by atoms with Gasteiger partial charge >= 0.3 is 0 Å². The minimum Gasteiger partial charge on any atom is -0.337 e. The van der Waals surface area contributed by atoms with Gasteiger partial charge in [0, 0.05) is 13.1 Å². The minimum absolute atomic E-state index is 0.0768. The lowest BCUT2D eigenvalue weighted by molar-refractivity contribution is -0.132. The predicted octanol–water partition coefficient (Wildman–Crippen LogP) is 2.19. The SMILES string of the molecule is CC1NCCCN(Cc2ccc(F)c(Cl)c2)C1=O. The van der Waals surface area contributed by atoms with Gasteiger partial charge in [-0.3, -0.25) is 4.79 Å². The molecule has 2 rings (SSSR count). The first-order valence-corrected chi connectivity index (χ1v) is 6.42. The molecule has 1 amide bonds. The van der Waals surface area contributed by atoms with E-state index in [1.807, 2.05) is 6.92 Å². The Hall–Kier alpha value is -1.13. The lowest BCUT2D eigenvalue weighted by Gasteiger charge is -2.22. The largest absolute Gasteiger partial charge is 0.337 e. The smallest absolute Gasteiger partial charge is 0.239 e. The molecule has 0 spiro atoms. The predicted molar refractivity (Wildman–Crippen MR) is 68.9 cm³/mol. The van der Waals surface area contributed by atoms with Gasteiger partial charge in [-0.25, -0.2) is 4.39 Å². The highest BCUT2D eigenvalue weighted by molar-refractivity contribution is 6.30. The van der Waals surface area contributed by atoms with Gasteiger partial charge in [0.2, 0.25) is 5.91 Å². The average Bonchev–Trinajstić information content (AvgIpc) is 2.49. The van der Waals surface area contributed by atoms with Crippen molar-refractivity contribution in [3.05, 3.63) is 34.6 Å². The van der Waals surface area contributed by atoms with Gasteiger partial charge in [-0.1, -0.05) is 17.7 Å². The second-order valence-electron chi connectivity index (χ2n) is 4.54. The molecule has 1 aliphatic rings. The van der Waals surface area contributed by atoms with Crippen LogP contribution in [-0.2, 0) is 11.3 Å². The summed E-state index contributed by atoms with van der Waals surface area (Å²) < 4.78 is 13.1. The van der Waals surface area contributed by atoms with Crippen LogP contribution < -0.4 is 5.32 Å². The van der Waals surface area contributed by atoms with E-state index in [-0.39, 0.29) is 17.0 Å². The van der Waals surface area contributed by atoms with Gasteiger partial charge in [0.1, 0.15) is 5.82 Å². The molecule has 1 atom stereocenters. The number of carbonyl (C=O) groups is 1. The van der Waals surface area contributed by atoms with E-state index < -0.39 is 5.82 Å². The molecule has 1 saturated heterocycles. The van der Waals surface area contributed by atoms with E-state index in [0.717, 1.165) is 18.5 Å². The molecule has 1 N–H and O–H groups in total. The topological polar surface area (TPSA) is 32.3 Å². The van der Waals surface area contributed by atoms with Crippen LogP contribution in [0.25, 0.3) is 0 Å². The maximum Gasteiger partial charge on any atom is 0.239 e. The first-order valence-electron chi connectivity index (χ1n) is 6.04. The summed E-state index contributed by atoms with van der Waals surface area (Å²) in [6, 6.07) is 4.41. The Labute approximate surface area is 111 Å². The van der Waals surface area contributed by atoms with Crippen molar-refractivity contribution in [3.63, 3.8) is 0 Å². The van der Waals surface area contributed by atoms with Crippen LogP contribution in [0.4, 0.5) is 4.39 Å². The van der Waals surface area contributed by atoms with Crippen molar-refractivity contribution in [2.24, 2.45) is 0 Å². The first kappa shape index (κ1) is 13.3. The third-order valence-electron chi connectivity index (χ3n) is 3.09. The zero-order valence-electron chi connectivity index (χ0n) is 10.2. The summed E-state index contributed by atoms with van der Waals surface area (Å²) in [7, 11) is 0. The van der Waals surface area contributed by atoms with Crippen molar-refractivity contribution in [3.8, 4) is 0 Å². The number of amides is 1. The van der Waals surface area contributed by atoms with Crippen molar-refractivity contribution in [2.75, 3.05) is 13.1 Å². The Bertz CT molecular complexity index is 453. The Kier molecular flexibility index (Phi) is 4.19. The molecule has 18 heavy (non-hydrogen) atoms. The summed E-state index contributed by atoms with van der Waals surface area (Å²) in [5, 5.41) is 3.25. The van der Waals surface area contributed by atoms with Gasteiger partial charge in [-0.15, -0.1) is 0 Å². The molecule has 98 valence electrons. The highest BCUT2D eigenvalue weighted by atomic mass is 35.5. The molecule has 1 aromatic rings. The molecule has 0 aromatic heterocycles. The van der Waals surface area contributed by atoms with E-state index in [0.29, 0.717) is 13.1 Å². The fourth-order valence-electron chi connectivity index (χ4n) is 2.08. The van der Waals surface area contributed by atoms with Crippen LogP contribution in [0.2, 0.25) is 5.02 Å². The molecular formula is C13H16ClFN2O. The summed E-state index contributed by atoms with van der Waals surface area (Å²) in [6.07, 6.45) is 0.922. The highest BCUT2D eigenvalue weighted by Crippen LogP contribution is 2.18. The second-order valence-corrected chi connectivity index (χ2v) is 4.94. The Morgan fingerprint density at radius 2 is 2.33 bits per heavy atom. The zero-order chi connectivity index (χ0) is 13.1. The molecule has 1 unspecified atom stereocenters. The quantitative estimate of drug-likeness (QED) is 0.893. The summed E-state index contributed by atoms with van der Waals surface area (Å²) >= 11 is 5.74. The molecule has 0 aliphatic carbocycles. The molecular weight excluding hydrogens is 255 g/mol. The van der Waals surface area contributed by atoms with Crippen LogP contribution >= 0.6 is 11.6 Å². The van der Waals surface area contributed by atoms with Crippen LogP contribution in [0, 0.1) is 5.82 Å². The summed E-state index contributed by atoms with van der Waals surface area (Å²) in [4.78, 5) is 13.8. The van der Waals surface area contributed by atoms with Crippen molar-refractivity contribution in [2.45, 2.75) is 25.9 Å². The first-order chi connectivity index (χ1) is 8.58. The molecule has 0 radical (unpaired) electrons. The molecule has 1 fully saturated rings. The lowest BCUT2D eigenvalue weighted by Crippen LogP contribution is -2.41. The molecule has 1 aromatic carbocycles. The van der Waals surface area contributed by atoms with E-state index in [4.69, 9.17) is 11.6 Å². The molecule has 0 saturated carbocycles. The van der Waals surface area contributed by atoms with Crippen molar-refractivity contribution < 1.29 is 9.18 Å². The van der Waals surface area contributed by atoms with E-state index in [1.54, 1.807) is 17.0 Å². The maximum atomic E-state index is 13.1. The average molecular weight is 271 g/mol. The summed E-state index contributed by atoms with van der Waals surface area (Å²) in [5.74, 6) is -0.356. The van der Waals surface area contributed by atoms with Gasteiger partial charge in [0.05, 0.1) is 11.1 Å². The fraction of sp³-hybridized carbons (Fsp3) is 0.462. The van der Waals surface area contributed by atoms with Gasteiger partial charge in [0.15, 0.2) is 0 Å². The van der Waals surface area contributed by atoms with E-state index >= 15 is 0 Å². The molecule has 1 aliphatic heterocycles. The number of hydrogen-bond donors (Lipinski definition) is 1. The van der Waals surface area contributed by atoms with Gasteiger partial charge in [-0.05, 0) is 37.6 Å². The number of hydrogen-bond acceptors (Lipinski definition) is 2. The number of nitrogens with zero attached hydrogens (tertiary/aromatic N) is 1. The standard InChI is InChI=1S/C13H16ClFN2O/c1-9-13(18)17(6-2-5-16-9)8-10-3-4-12(15)11(14)7-10/h3-4,7,9,16H,2,5-6,8H2,1H3. The van der Waals surface area contributed by atoms with E-state index in [9.17, 15) is 9.18 Å². The third-order valence-corrected chi connectivity index (χ3v) is 3.38. The monoisotopic (exact) mass is 270 g/mol. The van der Waals surface area contributed by atoms with Crippen molar-refractivity contribution in [1.82, 2.24) is 10.2 Å². The highest BCUT2D eigenvalue weighted by Gasteiger charge is 2.22. The van der Waals surface area contributed by atoms with E-state index in [2.05, 4.69) is 5.32 Å². The van der Waals surface area contributed by atoms with Crippen LogP contribution in [0.5, 0.6) is 0 Å². The van der Waals surface area contributed by atoms with Crippen LogP contribution in [-0.4, -0.2) is 29.9 Å². The summed E-state index contributed by atoms with van der Waals surface area (Å²) in [6.45, 7) is 3.89. The molecule has 5 heteroatoms. The van der Waals surface area contributed by atoms with Crippen LogP contribution in [0.15, 0.2) is 18.2 Å². The Balaban J connectivity index is 2.11. The van der Waals surface area contributed by atoms with Gasteiger partial charge in [0.25, 0.3) is 0 Å². The molecule has 0 bridgehead atoms. The maximum absolute atomic E-state index is 13.1. The third kappa shape index (κ3) is 3.00. The number of nitrogens with one attached hydrogen (secondary N) is 1. The lowest BCUT2D eigenvalue weighted by atomic mass is 10.2. The number of carbonyl (C=O) groups excluding carboxylic acids is 1. The minimum atomic E-state index is -0.433. The van der Waals surface area contributed by atoms with Crippen molar-refractivity contribution in [1.29, 1.82) is 0 Å². The van der Waals surface area contributed by atoms with Crippen molar-refractivity contribution >= 4 is 17.5 Å². The Morgan fingerprint density at radius 3 is 3.06 bits per heavy atom. The van der Waals surface area contributed by atoms with E-state index in [1.165, 1.54) is 6.07 Å². The number of rotatable bonds is 2.